The van der Waals surface area contributed by atoms with Crippen molar-refractivity contribution in [2.75, 3.05) is 18.2 Å². The van der Waals surface area contributed by atoms with E-state index in [0.717, 1.165) is 22.0 Å². The van der Waals surface area contributed by atoms with Crippen LogP contribution in [0.15, 0.2) is 47.4 Å². The van der Waals surface area contributed by atoms with E-state index in [1.54, 1.807) is 7.11 Å². The van der Waals surface area contributed by atoms with E-state index in [1.807, 2.05) is 42.5 Å². The number of hydrogen-bond acceptors (Lipinski definition) is 5. The lowest BCUT2D eigenvalue weighted by Gasteiger charge is -2.11. The van der Waals surface area contributed by atoms with Crippen LogP contribution in [0.3, 0.4) is 0 Å². The third-order valence-corrected chi connectivity index (χ3v) is 3.06. The largest absolute Gasteiger partial charge is 0.497 e. The van der Waals surface area contributed by atoms with E-state index in [-0.39, 0.29) is 0 Å². The summed E-state index contributed by atoms with van der Waals surface area (Å²) in [6.07, 6.45) is 0. The van der Waals surface area contributed by atoms with Crippen LogP contribution in [0.25, 0.3) is 0 Å². The first-order chi connectivity index (χ1) is 8.72. The fourth-order valence-corrected chi connectivity index (χ4v) is 1.88. The minimum atomic E-state index is 0.684. The average Bonchev–Trinajstić information content (AvgIpc) is 2.42. The Kier molecular flexibility index (Phi) is 3.96. The molecule has 94 valence electrons. The second-order valence-corrected chi connectivity index (χ2v) is 4.43. The predicted molar refractivity (Wildman–Crippen MR) is 77.2 cm³/mol. The number of nitrogen functional groups attached to an aromatic ring is 1. The van der Waals surface area contributed by atoms with Crippen molar-refractivity contribution in [3.63, 3.8) is 0 Å². The fraction of sp³-hybridized carbons (Fsp3) is 0.0769. The first kappa shape index (κ1) is 12.6. The summed E-state index contributed by atoms with van der Waals surface area (Å²) in [6.45, 7) is 0. The van der Waals surface area contributed by atoms with Gasteiger partial charge in [0.05, 0.1) is 18.5 Å². The summed E-state index contributed by atoms with van der Waals surface area (Å²) in [7, 11) is 1.64. The van der Waals surface area contributed by atoms with E-state index in [2.05, 4.69) is 5.32 Å². The average molecular weight is 261 g/mol. The van der Waals surface area contributed by atoms with Gasteiger partial charge in [0.2, 0.25) is 0 Å². The topological polar surface area (TPSA) is 73.3 Å². The van der Waals surface area contributed by atoms with Gasteiger partial charge in [0.25, 0.3) is 0 Å². The molecule has 0 saturated heterocycles. The van der Waals surface area contributed by atoms with E-state index in [9.17, 15) is 0 Å². The van der Waals surface area contributed by atoms with Gasteiger partial charge in [-0.1, -0.05) is 0 Å². The van der Waals surface area contributed by atoms with Gasteiger partial charge in [0.15, 0.2) is 0 Å². The van der Waals surface area contributed by atoms with Crippen LogP contribution < -0.4 is 20.9 Å². The molecule has 0 bridgehead atoms. The molecular formula is C13H15N3OS. The van der Waals surface area contributed by atoms with Gasteiger partial charge in [-0.25, -0.2) is 0 Å². The molecule has 0 unspecified atom stereocenters. The van der Waals surface area contributed by atoms with Crippen LogP contribution in [0, 0.1) is 0 Å². The predicted octanol–water partition coefficient (Wildman–Crippen LogP) is 2.99. The molecule has 2 aromatic rings. The van der Waals surface area contributed by atoms with Crippen molar-refractivity contribution < 1.29 is 4.74 Å². The Morgan fingerprint density at radius 1 is 1.11 bits per heavy atom. The summed E-state index contributed by atoms with van der Waals surface area (Å²) in [4.78, 5) is 0.959. The molecule has 0 radical (unpaired) electrons. The Morgan fingerprint density at radius 3 is 2.44 bits per heavy atom. The summed E-state index contributed by atoms with van der Waals surface area (Å²) < 4.78 is 5.11. The monoisotopic (exact) mass is 261 g/mol. The zero-order chi connectivity index (χ0) is 13.0. The van der Waals surface area contributed by atoms with Gasteiger partial charge >= 0.3 is 0 Å². The summed E-state index contributed by atoms with van der Waals surface area (Å²) in [5.74, 6) is 0.819. The molecule has 0 fully saturated rings. The number of rotatable bonds is 4. The third-order valence-electron chi connectivity index (χ3n) is 2.53. The molecular weight excluding hydrogens is 246 g/mol. The minimum Gasteiger partial charge on any atom is -0.497 e. The first-order valence-electron chi connectivity index (χ1n) is 5.40. The van der Waals surface area contributed by atoms with Crippen LogP contribution in [-0.4, -0.2) is 7.11 Å². The van der Waals surface area contributed by atoms with Gasteiger partial charge in [-0.3, -0.25) is 5.14 Å². The highest BCUT2D eigenvalue weighted by molar-refractivity contribution is 7.97. The Morgan fingerprint density at radius 2 is 1.83 bits per heavy atom. The van der Waals surface area contributed by atoms with Gasteiger partial charge < -0.3 is 15.8 Å². The van der Waals surface area contributed by atoms with Crippen molar-refractivity contribution in [3.8, 4) is 5.75 Å². The molecule has 2 aromatic carbocycles. The highest BCUT2D eigenvalue weighted by atomic mass is 32.2. The smallest absolute Gasteiger partial charge is 0.119 e. The van der Waals surface area contributed by atoms with Gasteiger partial charge in [-0.15, -0.1) is 0 Å². The highest BCUT2D eigenvalue weighted by Gasteiger charge is 2.02. The van der Waals surface area contributed by atoms with E-state index < -0.39 is 0 Å². The highest BCUT2D eigenvalue weighted by Crippen LogP contribution is 2.27. The minimum absolute atomic E-state index is 0.684. The lowest BCUT2D eigenvalue weighted by molar-refractivity contribution is 0.415. The van der Waals surface area contributed by atoms with E-state index >= 15 is 0 Å². The maximum atomic E-state index is 5.91. The van der Waals surface area contributed by atoms with Crippen LogP contribution >= 0.6 is 11.9 Å². The molecule has 0 aliphatic rings. The van der Waals surface area contributed by atoms with Crippen LogP contribution in [0.1, 0.15) is 0 Å². The number of nitrogens with two attached hydrogens (primary N) is 2. The maximum Gasteiger partial charge on any atom is 0.119 e. The number of anilines is 3. The molecule has 0 atom stereocenters. The standard InChI is InChI=1S/C13H15N3OS/c1-17-10-4-2-9(3-5-10)16-13-8-11(18-15)6-7-12(13)14/h2-8,16H,14-15H2,1H3. The summed E-state index contributed by atoms with van der Waals surface area (Å²) in [5, 5.41) is 8.78. The third kappa shape index (κ3) is 2.88. The zero-order valence-electron chi connectivity index (χ0n) is 10.0. The SMILES string of the molecule is COc1ccc(Nc2cc(SN)ccc2N)cc1. The van der Waals surface area contributed by atoms with Gasteiger partial charge in [0, 0.05) is 10.6 Å². The Labute approximate surface area is 110 Å². The van der Waals surface area contributed by atoms with Gasteiger partial charge in [0.1, 0.15) is 5.75 Å². The van der Waals surface area contributed by atoms with Crippen LogP contribution in [0.4, 0.5) is 17.1 Å². The molecule has 0 aliphatic carbocycles. The molecule has 0 amide bonds. The molecule has 0 aliphatic heterocycles. The normalized spacial score (nSPS) is 10.1. The van der Waals surface area contributed by atoms with Crippen LogP contribution in [-0.2, 0) is 0 Å². The summed E-state index contributed by atoms with van der Waals surface area (Å²) >= 11 is 1.19. The summed E-state index contributed by atoms with van der Waals surface area (Å²) in [6, 6.07) is 13.3. The van der Waals surface area contributed by atoms with Gasteiger partial charge in [-0.2, -0.15) is 0 Å². The van der Waals surface area contributed by atoms with E-state index in [0.29, 0.717) is 5.69 Å². The first-order valence-corrected chi connectivity index (χ1v) is 6.28. The molecule has 0 spiro atoms. The zero-order valence-corrected chi connectivity index (χ0v) is 10.8. The van der Waals surface area contributed by atoms with E-state index in [4.69, 9.17) is 15.6 Å². The van der Waals surface area contributed by atoms with E-state index in [1.165, 1.54) is 11.9 Å². The lowest BCUT2D eigenvalue weighted by Crippen LogP contribution is -1.97. The number of benzene rings is 2. The second-order valence-electron chi connectivity index (χ2n) is 3.72. The van der Waals surface area contributed by atoms with Crippen molar-refractivity contribution in [1.29, 1.82) is 0 Å². The molecule has 0 saturated carbocycles. The lowest BCUT2D eigenvalue weighted by atomic mass is 10.2. The molecule has 5 heteroatoms. The molecule has 0 heterocycles. The number of hydrogen-bond donors (Lipinski definition) is 3. The van der Waals surface area contributed by atoms with Crippen LogP contribution in [0.5, 0.6) is 5.75 Å². The van der Waals surface area contributed by atoms with Gasteiger partial charge in [-0.05, 0) is 54.4 Å². The molecule has 4 nitrogen and oxygen atoms in total. The summed E-state index contributed by atoms with van der Waals surface area (Å²) in [5.41, 5.74) is 8.38. The Bertz CT molecular complexity index is 528. The van der Waals surface area contributed by atoms with Crippen molar-refractivity contribution in [3.05, 3.63) is 42.5 Å². The van der Waals surface area contributed by atoms with Crippen molar-refractivity contribution in [2.45, 2.75) is 4.90 Å². The Hall–Kier alpha value is -1.85. The van der Waals surface area contributed by atoms with Crippen molar-refractivity contribution in [1.82, 2.24) is 0 Å². The number of ether oxygens (including phenoxy) is 1. The molecule has 18 heavy (non-hydrogen) atoms. The van der Waals surface area contributed by atoms with Crippen molar-refractivity contribution >= 4 is 29.0 Å². The quantitative estimate of drug-likeness (QED) is 0.583. The molecule has 2 rings (SSSR count). The fourth-order valence-electron chi connectivity index (χ4n) is 1.55. The maximum absolute atomic E-state index is 5.91. The number of methoxy groups -OCH3 is 1. The van der Waals surface area contributed by atoms with Crippen LogP contribution in [0.2, 0.25) is 0 Å². The Balaban J connectivity index is 2.21. The number of nitrogens with one attached hydrogen (secondary N) is 1. The second kappa shape index (κ2) is 5.66. The molecule has 5 N–H and O–H groups in total. The molecule has 0 aromatic heterocycles. The van der Waals surface area contributed by atoms with Crippen molar-refractivity contribution in [2.24, 2.45) is 5.14 Å².